The zero-order chi connectivity index (χ0) is 15.1. The summed E-state index contributed by atoms with van der Waals surface area (Å²) in [6, 6.07) is 6.48. The van der Waals surface area contributed by atoms with E-state index in [0.717, 1.165) is 40.2 Å². The van der Waals surface area contributed by atoms with Crippen LogP contribution < -0.4 is 0 Å². The molecule has 0 amide bonds. The summed E-state index contributed by atoms with van der Waals surface area (Å²) in [4.78, 5) is 3.33. The second-order valence-electron chi connectivity index (χ2n) is 5.63. The number of rotatable bonds is 3. The third kappa shape index (κ3) is 2.31. The Morgan fingerprint density at radius 1 is 1.19 bits per heavy atom. The van der Waals surface area contributed by atoms with E-state index in [9.17, 15) is 0 Å². The topological polar surface area (TPSA) is 38.5 Å². The van der Waals surface area contributed by atoms with Crippen molar-refractivity contribution < 1.29 is 0 Å². The van der Waals surface area contributed by atoms with E-state index in [1.807, 2.05) is 11.7 Å². The second-order valence-corrected chi connectivity index (χ2v) is 6.02. The molecule has 0 bridgehead atoms. The molecule has 0 saturated heterocycles. The van der Waals surface area contributed by atoms with Crippen molar-refractivity contribution in [3.8, 4) is 5.69 Å². The molecule has 0 saturated carbocycles. The van der Waals surface area contributed by atoms with Crippen LogP contribution in [0, 0.1) is 18.6 Å². The molecule has 2 heterocycles. The Bertz CT molecular complexity index is 846. The lowest BCUT2D eigenvalue weighted by atomic mass is 10.1. The van der Waals surface area contributed by atoms with E-state index in [4.69, 9.17) is 12.2 Å². The number of benzene rings is 1. The highest BCUT2D eigenvalue weighted by Crippen LogP contribution is 2.24. The van der Waals surface area contributed by atoms with E-state index in [1.165, 1.54) is 11.1 Å². The largest absolute Gasteiger partial charge is 0.327 e. The first-order chi connectivity index (χ1) is 10.0. The van der Waals surface area contributed by atoms with Crippen LogP contribution in [-0.4, -0.2) is 19.3 Å². The Morgan fingerprint density at radius 3 is 2.48 bits per heavy atom. The molecule has 0 radical (unpaired) electrons. The third-order valence-electron chi connectivity index (χ3n) is 3.69. The summed E-state index contributed by atoms with van der Waals surface area (Å²) in [5, 5.41) is 4.63. The first-order valence-corrected chi connectivity index (χ1v) is 7.67. The van der Waals surface area contributed by atoms with E-state index in [-0.39, 0.29) is 0 Å². The van der Waals surface area contributed by atoms with Gasteiger partial charge >= 0.3 is 0 Å². The summed E-state index contributed by atoms with van der Waals surface area (Å²) < 4.78 is 4.72. The normalized spacial score (nSPS) is 11.4. The van der Waals surface area contributed by atoms with Crippen molar-refractivity contribution in [2.24, 2.45) is 7.05 Å². The van der Waals surface area contributed by atoms with Gasteiger partial charge in [-0.25, -0.2) is 4.68 Å². The summed E-state index contributed by atoms with van der Waals surface area (Å²) in [6.45, 7) is 6.38. The molecule has 1 N–H and O–H groups in total. The van der Waals surface area contributed by atoms with Crippen molar-refractivity contribution in [1.29, 1.82) is 0 Å². The zero-order valence-electron chi connectivity index (χ0n) is 12.9. The number of fused-ring (bicyclic) bond motifs is 1. The minimum absolute atomic E-state index is 0.723. The molecule has 110 valence electrons. The highest BCUT2D eigenvalue weighted by atomic mass is 32.1. The molecule has 5 heteroatoms. The van der Waals surface area contributed by atoms with Gasteiger partial charge in [-0.15, -0.1) is 0 Å². The molecule has 3 rings (SSSR count). The average molecular weight is 300 g/mol. The van der Waals surface area contributed by atoms with Gasteiger partial charge in [-0.3, -0.25) is 4.57 Å². The maximum atomic E-state index is 5.54. The molecule has 2 aromatic heterocycles. The maximum Gasteiger partial charge on any atom is 0.184 e. The number of hydrogen-bond donors (Lipinski definition) is 1. The van der Waals surface area contributed by atoms with Crippen LogP contribution in [0.2, 0.25) is 0 Å². The number of aromatic amines is 1. The average Bonchev–Trinajstić information content (AvgIpc) is 2.87. The van der Waals surface area contributed by atoms with E-state index < -0.39 is 0 Å². The SMILES string of the molecule is CCCc1nn(C)c2c1[nH]c(=S)n2-c1cc(C)cc(C)c1. The standard InChI is InChI=1S/C16H20N4S/c1-5-6-13-14-15(19(4)18-13)20(16(21)17-14)12-8-10(2)7-11(3)9-12/h7-9H,5-6H2,1-4H3,(H,17,21). The summed E-state index contributed by atoms with van der Waals surface area (Å²) in [5.74, 6) is 0. The molecule has 0 aliphatic rings. The summed E-state index contributed by atoms with van der Waals surface area (Å²) in [7, 11) is 1.98. The van der Waals surface area contributed by atoms with Gasteiger partial charge in [-0.05, 0) is 55.7 Å². The van der Waals surface area contributed by atoms with Crippen LogP contribution in [0.3, 0.4) is 0 Å². The van der Waals surface area contributed by atoms with Crippen LogP contribution in [0.15, 0.2) is 18.2 Å². The minimum Gasteiger partial charge on any atom is -0.327 e. The van der Waals surface area contributed by atoms with Gasteiger partial charge in [0.05, 0.1) is 11.4 Å². The lowest BCUT2D eigenvalue weighted by molar-refractivity contribution is 0.735. The Hall–Kier alpha value is -1.88. The van der Waals surface area contributed by atoms with Crippen molar-refractivity contribution in [1.82, 2.24) is 19.3 Å². The van der Waals surface area contributed by atoms with Gasteiger partial charge in [-0.2, -0.15) is 5.10 Å². The van der Waals surface area contributed by atoms with Gasteiger partial charge in [-0.1, -0.05) is 19.4 Å². The number of aryl methyl sites for hydroxylation is 4. The first kappa shape index (κ1) is 14.1. The summed E-state index contributed by atoms with van der Waals surface area (Å²) in [6.07, 6.45) is 2.03. The molecule has 0 fully saturated rings. The third-order valence-corrected chi connectivity index (χ3v) is 3.97. The smallest absolute Gasteiger partial charge is 0.184 e. The fraction of sp³-hybridized carbons (Fsp3) is 0.375. The number of aromatic nitrogens is 4. The predicted octanol–water partition coefficient (Wildman–Crippen LogP) is 3.99. The van der Waals surface area contributed by atoms with Gasteiger partial charge in [0.15, 0.2) is 10.4 Å². The van der Waals surface area contributed by atoms with Crippen molar-refractivity contribution in [3.05, 3.63) is 39.8 Å². The first-order valence-electron chi connectivity index (χ1n) is 7.26. The second kappa shape index (κ2) is 5.15. The van der Waals surface area contributed by atoms with E-state index in [0.29, 0.717) is 0 Å². The zero-order valence-corrected chi connectivity index (χ0v) is 13.7. The summed E-state index contributed by atoms with van der Waals surface area (Å²) >= 11 is 5.54. The molecular weight excluding hydrogens is 280 g/mol. The van der Waals surface area contributed by atoms with Crippen LogP contribution in [-0.2, 0) is 13.5 Å². The molecule has 0 atom stereocenters. The van der Waals surface area contributed by atoms with Crippen LogP contribution in [0.25, 0.3) is 16.9 Å². The van der Waals surface area contributed by atoms with Gasteiger partial charge in [0.25, 0.3) is 0 Å². The summed E-state index contributed by atoms with van der Waals surface area (Å²) in [5.41, 5.74) is 6.74. The van der Waals surface area contributed by atoms with E-state index >= 15 is 0 Å². The van der Waals surface area contributed by atoms with Gasteiger partial charge in [0.2, 0.25) is 0 Å². The number of nitrogens with one attached hydrogen (secondary N) is 1. The molecule has 0 aliphatic carbocycles. The fourth-order valence-corrected chi connectivity index (χ4v) is 3.24. The molecule has 3 aromatic rings. The molecule has 1 aromatic carbocycles. The Labute approximate surface area is 129 Å². The Kier molecular flexibility index (Phi) is 3.45. The van der Waals surface area contributed by atoms with E-state index in [2.05, 4.69) is 53.6 Å². The molecular formula is C16H20N4S. The highest BCUT2D eigenvalue weighted by molar-refractivity contribution is 7.71. The number of H-pyrrole nitrogens is 1. The van der Waals surface area contributed by atoms with Crippen LogP contribution in [0.5, 0.6) is 0 Å². The van der Waals surface area contributed by atoms with Crippen molar-refractivity contribution in [3.63, 3.8) is 0 Å². The van der Waals surface area contributed by atoms with Crippen LogP contribution in [0.4, 0.5) is 0 Å². The van der Waals surface area contributed by atoms with E-state index in [1.54, 1.807) is 0 Å². The quantitative estimate of drug-likeness (QED) is 0.743. The molecule has 4 nitrogen and oxygen atoms in total. The number of imidazole rings is 1. The minimum atomic E-state index is 0.723. The van der Waals surface area contributed by atoms with Crippen molar-refractivity contribution in [2.45, 2.75) is 33.6 Å². The number of nitrogens with zero attached hydrogens (tertiary/aromatic N) is 3. The highest BCUT2D eigenvalue weighted by Gasteiger charge is 2.16. The monoisotopic (exact) mass is 300 g/mol. The van der Waals surface area contributed by atoms with Gasteiger partial charge in [0.1, 0.15) is 5.52 Å². The maximum absolute atomic E-state index is 5.54. The van der Waals surface area contributed by atoms with Gasteiger partial charge < -0.3 is 4.98 Å². The fourth-order valence-electron chi connectivity index (χ4n) is 2.94. The lowest BCUT2D eigenvalue weighted by Crippen LogP contribution is -2.01. The van der Waals surface area contributed by atoms with Crippen molar-refractivity contribution in [2.75, 3.05) is 0 Å². The number of hydrogen-bond acceptors (Lipinski definition) is 2. The van der Waals surface area contributed by atoms with Crippen LogP contribution >= 0.6 is 12.2 Å². The Morgan fingerprint density at radius 2 is 1.86 bits per heavy atom. The molecule has 0 unspecified atom stereocenters. The predicted molar refractivity (Wildman–Crippen MR) is 88.7 cm³/mol. The van der Waals surface area contributed by atoms with Crippen molar-refractivity contribution >= 4 is 23.4 Å². The Balaban J connectivity index is 2.32. The van der Waals surface area contributed by atoms with Gasteiger partial charge in [0, 0.05) is 7.05 Å². The molecule has 0 aliphatic heterocycles. The van der Waals surface area contributed by atoms with Crippen LogP contribution in [0.1, 0.15) is 30.2 Å². The lowest BCUT2D eigenvalue weighted by Gasteiger charge is -2.07. The molecule has 21 heavy (non-hydrogen) atoms. The molecule has 0 spiro atoms.